The van der Waals surface area contributed by atoms with Crippen molar-refractivity contribution in [2.45, 2.75) is 0 Å². The third-order valence-corrected chi connectivity index (χ3v) is 0.494. The Morgan fingerprint density at radius 3 is 0.528 bits per heavy atom. The van der Waals surface area contributed by atoms with Crippen molar-refractivity contribution in [2.24, 2.45) is 22.9 Å². The molecule has 0 aliphatic rings. The van der Waals surface area contributed by atoms with Gasteiger partial charge in [-0.25, -0.2) is 0 Å². The molecule has 24 nitrogen and oxygen atoms in total. The second-order valence-corrected chi connectivity index (χ2v) is 2.90. The minimum Gasteiger partial charge on any atom is -0.854 e. The minimum absolute atomic E-state index is 0. The van der Waals surface area contributed by atoms with Gasteiger partial charge in [0.25, 0.3) is 0 Å². The Bertz CT molecular complexity index is 286. The van der Waals surface area contributed by atoms with Crippen LogP contribution in [0.3, 0.4) is 0 Å². The molecule has 0 fully saturated rings. The summed E-state index contributed by atoms with van der Waals surface area (Å²) in [6, 6.07) is 0. The second kappa shape index (κ2) is 103. The summed E-state index contributed by atoms with van der Waals surface area (Å²) in [4.78, 5) is 33.0. The van der Waals surface area contributed by atoms with Gasteiger partial charge in [0.2, 0.25) is 0 Å². The van der Waals surface area contributed by atoms with Crippen molar-refractivity contribution in [1.29, 1.82) is 0 Å². The zero-order chi connectivity index (χ0) is 28.0. The Kier molecular flexibility index (Phi) is 218. The molecule has 0 bridgehead atoms. The van der Waals surface area contributed by atoms with Gasteiger partial charge in [0.15, 0.2) is 0 Å². The van der Waals surface area contributed by atoms with Crippen LogP contribution in [0, 0.1) is 61.3 Å². The maximum absolute atomic E-state index is 9.17. The first-order valence-corrected chi connectivity index (χ1v) is 7.03. The monoisotopic (exact) mass is 830 g/mol. The summed E-state index contributed by atoms with van der Waals surface area (Å²) in [5, 5.41) is 92.8. The topological polar surface area (TPSA) is 455 Å². The van der Waals surface area contributed by atoms with E-state index in [1.54, 1.807) is 0 Å². The summed E-state index contributed by atoms with van der Waals surface area (Å²) in [6.07, 6.45) is 0. The van der Waals surface area contributed by atoms with E-state index in [2.05, 4.69) is 0 Å². The molecule has 10 N–H and O–H groups in total. The van der Waals surface area contributed by atoms with Crippen LogP contribution < -0.4 is 33.1 Å². The van der Waals surface area contributed by atoms with Crippen LogP contribution in [-0.2, 0) is 78.9 Å². The fourth-order valence-corrected chi connectivity index (χ4v) is 0. The van der Waals surface area contributed by atoms with Gasteiger partial charge < -0.3 is 105 Å². The zero-order valence-electron chi connectivity index (χ0n) is 17.6. The van der Waals surface area contributed by atoms with Gasteiger partial charge in [0.05, 0.1) is 33.6 Å². The average Bonchev–Trinajstić information content (AvgIpc) is 2.66. The van der Waals surface area contributed by atoms with Crippen LogP contribution in [0.2, 0.25) is 0 Å². The molecule has 0 aromatic heterocycles. The third-order valence-electron chi connectivity index (χ3n) is 0.494. The van der Waals surface area contributed by atoms with E-state index < -0.39 is 20.3 Å². The molecule has 0 amide bonds. The van der Waals surface area contributed by atoms with Crippen LogP contribution in [-0.4, -0.2) is 83.2 Å². The van der Waals surface area contributed by atoms with Gasteiger partial charge >= 0.3 is 78.9 Å². The molecule has 2 radical (unpaired) electrons. The molecule has 0 spiro atoms. The van der Waals surface area contributed by atoms with Crippen molar-refractivity contribution in [3.8, 4) is 0 Å². The summed E-state index contributed by atoms with van der Waals surface area (Å²) in [6.45, 7) is 1.17. The molecule has 36 heavy (non-hydrogen) atoms. The molecule has 0 aromatic rings. The number of hydrogen-bond donors (Lipinski definition) is 6. The Hall–Kier alpha value is -1.00. The van der Waals surface area contributed by atoms with Crippen LogP contribution in [0.25, 0.3) is 0 Å². The van der Waals surface area contributed by atoms with E-state index in [1.165, 1.54) is 0 Å². The fraction of sp³-hybridized carbons (Fsp3) is 1.00. The van der Waals surface area contributed by atoms with Gasteiger partial charge in [-0.05, 0) is 13.1 Å². The van der Waals surface area contributed by atoms with Crippen molar-refractivity contribution < 1.29 is 120 Å². The predicted molar refractivity (Wildman–Crippen MR) is 102 cm³/mol. The van der Waals surface area contributed by atoms with Crippen LogP contribution in [0.4, 0.5) is 0 Å². The second-order valence-electron chi connectivity index (χ2n) is 2.90. The molecule has 0 saturated carbocycles. The molecule has 0 atom stereocenters. The van der Waals surface area contributed by atoms with Crippen molar-refractivity contribution in [3.63, 3.8) is 0 Å². The van der Waals surface area contributed by atoms with E-state index in [4.69, 9.17) is 94.4 Å². The van der Waals surface area contributed by atoms with Gasteiger partial charge in [-0.1, -0.05) is 0 Å². The van der Waals surface area contributed by atoms with E-state index in [-0.39, 0.29) is 118 Å². The van der Waals surface area contributed by atoms with E-state index in [1.807, 2.05) is 0 Å². The molecular formula is C8H26Ag2Cu2N8O16. The molecular weight excluding hydrogens is 807 g/mol. The maximum atomic E-state index is 9.17. The van der Waals surface area contributed by atoms with Crippen LogP contribution in [0.5, 0.6) is 0 Å². The smallest absolute Gasteiger partial charge is 0.854 e. The minimum atomic E-state index is -1.75. The molecule has 28 heteroatoms. The first kappa shape index (κ1) is 76.5. The van der Waals surface area contributed by atoms with E-state index >= 15 is 0 Å². The first-order chi connectivity index (χ1) is 14.6. The summed E-state index contributed by atoms with van der Waals surface area (Å²) >= 11 is 0. The van der Waals surface area contributed by atoms with E-state index in [9.17, 15) is 10.2 Å². The SMILES string of the molecule is NCCO.NCCO.NCC[O-].NCC[O-].O=[N+]([O-])[O-].O=[N+]([O-])[O-].O=[N+]([O-])[O-].O=[N+]([O-])[O-].[Ag+].[Ag+].[Cu+2].[Cu+2]. The number of aliphatic hydroxyl groups is 2. The van der Waals surface area contributed by atoms with Gasteiger partial charge in [0.1, 0.15) is 0 Å². The quantitative estimate of drug-likeness (QED) is 0.0871. The van der Waals surface area contributed by atoms with Crippen LogP contribution in [0.1, 0.15) is 0 Å². The van der Waals surface area contributed by atoms with Crippen molar-refractivity contribution in [3.05, 3.63) is 61.3 Å². The predicted octanol–water partition coefficient (Wildman–Crippen LogP) is -6.48. The molecule has 0 unspecified atom stereocenters. The number of nitrogens with zero attached hydrogens (tertiary/aromatic N) is 4. The normalized spacial score (nSPS) is 6.00. The standard InChI is InChI=1S/2C2H7NO.2C2H6NO.2Ag.2Cu.4NO3/c4*3-1-2-4;;;;;4*2-1(3)4/h2*4H,1-3H2;2*1-3H2;;;;;;;;/q;;2*-1;2*+1;2*+2;4*-1. The summed E-state index contributed by atoms with van der Waals surface area (Å²) in [5.74, 6) is 0. The van der Waals surface area contributed by atoms with E-state index in [0.717, 1.165) is 0 Å². The fourth-order valence-electron chi connectivity index (χ4n) is 0. The molecule has 0 aliphatic heterocycles. The summed E-state index contributed by atoms with van der Waals surface area (Å²) < 4.78 is 0. The van der Waals surface area contributed by atoms with Gasteiger partial charge in [-0.3, -0.25) is 0 Å². The Morgan fingerprint density at radius 1 is 0.472 bits per heavy atom. The van der Waals surface area contributed by atoms with Gasteiger partial charge in [-0.15, -0.1) is 13.2 Å². The Labute approximate surface area is 255 Å². The first-order valence-electron chi connectivity index (χ1n) is 7.03. The largest absolute Gasteiger partial charge is 2.00 e. The molecule has 0 rings (SSSR count). The third kappa shape index (κ3) is 3760. The van der Waals surface area contributed by atoms with Crippen LogP contribution in [0.15, 0.2) is 0 Å². The zero-order valence-corrected chi connectivity index (χ0v) is 22.4. The average molecular weight is 833 g/mol. The van der Waals surface area contributed by atoms with Crippen LogP contribution >= 0.6 is 0 Å². The molecule has 238 valence electrons. The molecule has 0 aromatic carbocycles. The summed E-state index contributed by atoms with van der Waals surface area (Å²) in [5.41, 5.74) is 19.0. The number of hydrogen-bond acceptors (Lipinski definition) is 20. The Morgan fingerprint density at radius 2 is 0.528 bits per heavy atom. The van der Waals surface area contributed by atoms with Gasteiger partial charge in [-0.2, -0.15) is 0 Å². The van der Waals surface area contributed by atoms with Crippen molar-refractivity contribution in [2.75, 3.05) is 52.6 Å². The molecule has 0 saturated heterocycles. The maximum Gasteiger partial charge on any atom is 2.00 e. The number of aliphatic hydroxyl groups excluding tert-OH is 2. The number of rotatable bonds is 4. The Balaban J connectivity index is -0.0000000180. The molecule has 0 aliphatic carbocycles. The number of nitrogens with two attached hydrogens (primary N) is 4. The molecule has 0 heterocycles. The van der Waals surface area contributed by atoms with Gasteiger partial charge in [0, 0.05) is 13.1 Å². The van der Waals surface area contributed by atoms with Crippen molar-refractivity contribution in [1.82, 2.24) is 0 Å². The van der Waals surface area contributed by atoms with E-state index in [0.29, 0.717) is 13.1 Å². The van der Waals surface area contributed by atoms with Crippen molar-refractivity contribution >= 4 is 0 Å². The summed E-state index contributed by atoms with van der Waals surface area (Å²) in [7, 11) is 0.